The van der Waals surface area contributed by atoms with Crippen molar-refractivity contribution in [1.82, 2.24) is 15.3 Å². The predicted molar refractivity (Wildman–Crippen MR) is 153 cm³/mol. The molecule has 0 aliphatic carbocycles. The molecule has 2 aromatic heterocycles. The van der Waals surface area contributed by atoms with E-state index >= 15 is 0 Å². The van der Waals surface area contributed by atoms with Crippen LogP contribution in [0.2, 0.25) is 0 Å². The molecule has 2 fully saturated rings. The van der Waals surface area contributed by atoms with E-state index in [1.165, 1.54) is 30.6 Å². The lowest BCUT2D eigenvalue weighted by Gasteiger charge is -2.28. The van der Waals surface area contributed by atoms with Gasteiger partial charge in [-0.3, -0.25) is 10.1 Å². The number of benzene rings is 1. The lowest BCUT2D eigenvalue weighted by atomic mass is 10.1. The Morgan fingerprint density at radius 3 is 2.73 bits per heavy atom. The fraction of sp³-hybridized carbons (Fsp3) is 0.462. The van der Waals surface area contributed by atoms with Crippen molar-refractivity contribution in [2.45, 2.75) is 23.8 Å². The van der Waals surface area contributed by atoms with Crippen LogP contribution >= 0.6 is 11.3 Å². The number of methoxy groups -OCH3 is 1. The number of thiazole rings is 1. The molecule has 12 nitrogen and oxygen atoms in total. The second-order valence-electron chi connectivity index (χ2n) is 9.42. The van der Waals surface area contributed by atoms with Gasteiger partial charge in [0.05, 0.1) is 23.9 Å². The molecule has 3 aromatic rings. The SMILES string of the molecule is COCCCS(=O)(=O)c1ccc(C(=NO[C@@H]2CCOC2)C(=O)Nc2nc3ccc(N4CCNCC4)nc3s2)cc1. The number of ether oxygens (including phenoxy) is 2. The molecule has 0 unspecified atom stereocenters. The van der Waals surface area contributed by atoms with Crippen molar-refractivity contribution in [2.75, 3.05) is 69.1 Å². The summed E-state index contributed by atoms with van der Waals surface area (Å²) in [4.78, 5) is 31.4. The Labute approximate surface area is 236 Å². The Bertz CT molecular complexity index is 1450. The van der Waals surface area contributed by atoms with Gasteiger partial charge in [0.15, 0.2) is 26.8 Å². The van der Waals surface area contributed by atoms with Crippen molar-refractivity contribution in [1.29, 1.82) is 0 Å². The lowest BCUT2D eigenvalue weighted by molar-refractivity contribution is -0.110. The zero-order chi connectivity index (χ0) is 28.0. The predicted octanol–water partition coefficient (Wildman–Crippen LogP) is 2.06. The number of piperazine rings is 1. The van der Waals surface area contributed by atoms with E-state index in [0.29, 0.717) is 53.7 Å². The Morgan fingerprint density at radius 2 is 2.00 bits per heavy atom. The standard InChI is InChI=1S/C26H32N6O6S2/c1-36-14-2-16-40(34,35)20-5-3-18(4-6-20)23(31-38-19-9-15-37-17-19)24(33)30-26-28-21-7-8-22(29-25(21)39-26)32-12-10-27-11-13-32/h3-8,19,27H,2,9-17H2,1H3,(H,28,30,33)/t19-/m1/s1. The van der Waals surface area contributed by atoms with E-state index in [1.807, 2.05) is 12.1 Å². The van der Waals surface area contributed by atoms with Gasteiger partial charge in [0, 0.05) is 51.9 Å². The quantitative estimate of drug-likeness (QED) is 0.194. The van der Waals surface area contributed by atoms with Crippen LogP contribution in [0, 0.1) is 0 Å². The van der Waals surface area contributed by atoms with Gasteiger partial charge < -0.3 is 24.5 Å². The summed E-state index contributed by atoms with van der Waals surface area (Å²) in [5, 5.41) is 10.7. The first-order valence-corrected chi connectivity index (χ1v) is 15.6. The largest absolute Gasteiger partial charge is 0.389 e. The number of amides is 1. The molecule has 40 heavy (non-hydrogen) atoms. The molecule has 0 radical (unpaired) electrons. The number of hydrogen-bond acceptors (Lipinski definition) is 12. The molecule has 0 spiro atoms. The van der Waals surface area contributed by atoms with Gasteiger partial charge in [-0.25, -0.2) is 18.4 Å². The number of nitrogens with one attached hydrogen (secondary N) is 2. The summed E-state index contributed by atoms with van der Waals surface area (Å²) in [5.41, 5.74) is 1.09. The van der Waals surface area contributed by atoms with E-state index in [1.54, 1.807) is 12.1 Å². The lowest BCUT2D eigenvalue weighted by Crippen LogP contribution is -2.43. The highest BCUT2D eigenvalue weighted by atomic mass is 32.2. The van der Waals surface area contributed by atoms with E-state index in [4.69, 9.17) is 19.3 Å². The Balaban J connectivity index is 1.35. The molecule has 4 heterocycles. The number of nitrogens with zero attached hydrogens (tertiary/aromatic N) is 4. The topological polar surface area (TPSA) is 144 Å². The Morgan fingerprint density at radius 1 is 1.20 bits per heavy atom. The van der Waals surface area contributed by atoms with E-state index in [9.17, 15) is 13.2 Å². The molecule has 214 valence electrons. The molecule has 5 rings (SSSR count). The maximum atomic E-state index is 13.4. The van der Waals surface area contributed by atoms with Crippen LogP contribution in [0.3, 0.4) is 0 Å². The van der Waals surface area contributed by atoms with Gasteiger partial charge >= 0.3 is 0 Å². The first-order chi connectivity index (χ1) is 19.4. The number of pyridine rings is 1. The number of oxime groups is 1. The van der Waals surface area contributed by atoms with E-state index in [0.717, 1.165) is 32.0 Å². The average molecular weight is 589 g/mol. The number of aromatic nitrogens is 2. The minimum Gasteiger partial charge on any atom is -0.389 e. The van der Waals surface area contributed by atoms with Crippen LogP contribution in [0.4, 0.5) is 10.9 Å². The molecule has 2 N–H and O–H groups in total. The molecular formula is C26H32N6O6S2. The third-order valence-electron chi connectivity index (χ3n) is 6.55. The molecule has 1 amide bonds. The highest BCUT2D eigenvalue weighted by Crippen LogP contribution is 2.27. The number of rotatable bonds is 11. The van der Waals surface area contributed by atoms with E-state index in [2.05, 4.69) is 25.7 Å². The van der Waals surface area contributed by atoms with Gasteiger partial charge in [-0.15, -0.1) is 0 Å². The van der Waals surface area contributed by atoms with Crippen molar-refractivity contribution in [3.8, 4) is 0 Å². The van der Waals surface area contributed by atoms with Gasteiger partial charge in [-0.2, -0.15) is 0 Å². The van der Waals surface area contributed by atoms with Gasteiger partial charge in [0.1, 0.15) is 16.2 Å². The number of fused-ring (bicyclic) bond motifs is 1. The fourth-order valence-corrected chi connectivity index (χ4v) is 6.48. The van der Waals surface area contributed by atoms with Crippen LogP contribution in [0.5, 0.6) is 0 Å². The zero-order valence-electron chi connectivity index (χ0n) is 22.2. The minimum atomic E-state index is -3.49. The number of anilines is 2. The van der Waals surface area contributed by atoms with Crippen LogP contribution in [0.15, 0.2) is 46.4 Å². The van der Waals surface area contributed by atoms with Crippen LogP contribution in [0.25, 0.3) is 10.3 Å². The molecular weight excluding hydrogens is 556 g/mol. The molecule has 1 atom stereocenters. The molecule has 2 aliphatic rings. The van der Waals surface area contributed by atoms with Crippen molar-refractivity contribution in [2.24, 2.45) is 5.16 Å². The summed E-state index contributed by atoms with van der Waals surface area (Å²) in [6.07, 6.45) is 0.787. The van der Waals surface area contributed by atoms with Gasteiger partial charge in [0.2, 0.25) is 0 Å². The highest BCUT2D eigenvalue weighted by Gasteiger charge is 2.23. The fourth-order valence-electron chi connectivity index (χ4n) is 4.37. The van der Waals surface area contributed by atoms with Crippen molar-refractivity contribution in [3.05, 3.63) is 42.0 Å². The smallest absolute Gasteiger partial charge is 0.280 e. The maximum Gasteiger partial charge on any atom is 0.280 e. The molecule has 2 aliphatic heterocycles. The third-order valence-corrected chi connectivity index (χ3v) is 9.24. The molecule has 2 saturated heterocycles. The van der Waals surface area contributed by atoms with Crippen LogP contribution < -0.4 is 15.5 Å². The second-order valence-corrected chi connectivity index (χ2v) is 12.5. The highest BCUT2D eigenvalue weighted by molar-refractivity contribution is 7.91. The normalized spacial score (nSPS) is 18.3. The van der Waals surface area contributed by atoms with Gasteiger partial charge in [0.25, 0.3) is 5.91 Å². The third kappa shape index (κ3) is 6.93. The second kappa shape index (κ2) is 13.0. The van der Waals surface area contributed by atoms with Crippen molar-refractivity contribution < 1.29 is 27.5 Å². The number of hydrogen-bond donors (Lipinski definition) is 2. The van der Waals surface area contributed by atoms with Crippen molar-refractivity contribution in [3.63, 3.8) is 0 Å². The summed E-state index contributed by atoms with van der Waals surface area (Å²) in [5.74, 6) is 0.312. The summed E-state index contributed by atoms with van der Waals surface area (Å²) in [6, 6.07) is 9.88. The summed E-state index contributed by atoms with van der Waals surface area (Å²) in [6.45, 7) is 4.86. The Kier molecular flexibility index (Phi) is 9.22. The van der Waals surface area contributed by atoms with Gasteiger partial charge in [-0.1, -0.05) is 28.6 Å². The van der Waals surface area contributed by atoms with E-state index < -0.39 is 15.7 Å². The number of carbonyl (C=O) groups excluding carboxylic acids is 1. The summed E-state index contributed by atoms with van der Waals surface area (Å²) >= 11 is 1.27. The maximum absolute atomic E-state index is 13.4. The molecule has 14 heteroatoms. The van der Waals surface area contributed by atoms with Crippen LogP contribution in [-0.2, 0) is 28.9 Å². The average Bonchev–Trinajstić information content (AvgIpc) is 3.63. The minimum absolute atomic E-state index is 0.00366. The first kappa shape index (κ1) is 28.4. The summed E-state index contributed by atoms with van der Waals surface area (Å²) < 4.78 is 35.6. The summed E-state index contributed by atoms with van der Waals surface area (Å²) in [7, 11) is -1.96. The monoisotopic (exact) mass is 588 g/mol. The first-order valence-electron chi connectivity index (χ1n) is 13.1. The van der Waals surface area contributed by atoms with Crippen molar-refractivity contribution >= 4 is 54.1 Å². The number of carbonyl (C=O) groups is 1. The molecule has 1 aromatic carbocycles. The Hall–Kier alpha value is -3.17. The van der Waals surface area contributed by atoms with Gasteiger partial charge in [-0.05, 0) is 30.7 Å². The number of sulfone groups is 1. The molecule has 0 bridgehead atoms. The van der Waals surface area contributed by atoms with Crippen LogP contribution in [0.1, 0.15) is 18.4 Å². The van der Waals surface area contributed by atoms with Crippen LogP contribution in [-0.4, -0.2) is 95.0 Å². The van der Waals surface area contributed by atoms with E-state index in [-0.39, 0.29) is 22.5 Å². The molecule has 0 saturated carbocycles. The zero-order valence-corrected chi connectivity index (χ0v) is 23.8.